The molecule has 0 unspecified atom stereocenters. The Balaban J connectivity index is 0.000000194. The molecule has 0 atom stereocenters. The number of esters is 1. The van der Waals surface area contributed by atoms with Gasteiger partial charge in [-0.25, -0.2) is 23.1 Å². The summed E-state index contributed by atoms with van der Waals surface area (Å²) in [4.78, 5) is 20.4. The number of ether oxygens (including phenoxy) is 2. The minimum Gasteiger partial charge on any atom is -0.474 e. The number of benzene rings is 1. The predicted molar refractivity (Wildman–Crippen MR) is 173 cm³/mol. The molecule has 8 nitrogen and oxygen atoms in total. The van der Waals surface area contributed by atoms with Crippen LogP contribution in [0.2, 0.25) is 0 Å². The number of thiophene rings is 1. The fourth-order valence-electron chi connectivity index (χ4n) is 4.03. The third-order valence-corrected chi connectivity index (χ3v) is 10.5. The monoisotopic (exact) mass is 635 g/mol. The maximum Gasteiger partial charge on any atom is 0.308 e. The highest BCUT2D eigenvalue weighted by molar-refractivity contribution is 8.00. The molecule has 0 radical (unpaired) electrons. The summed E-state index contributed by atoms with van der Waals surface area (Å²) < 4.78 is 37.1. The van der Waals surface area contributed by atoms with Gasteiger partial charge in [0.2, 0.25) is 15.9 Å². The Labute approximate surface area is 259 Å². The number of carbonyl (C=O) groups is 1. The van der Waals surface area contributed by atoms with Crippen LogP contribution >= 0.6 is 23.1 Å². The van der Waals surface area contributed by atoms with Crippen molar-refractivity contribution >= 4 is 50.1 Å². The summed E-state index contributed by atoms with van der Waals surface area (Å²) in [5, 5.41) is 2.00. The van der Waals surface area contributed by atoms with Gasteiger partial charge in [-0.05, 0) is 89.8 Å². The molecule has 2 fully saturated rings. The number of nitrogens with one attached hydrogen (secondary N) is 1. The molecule has 3 aromatic rings. The molecule has 1 aromatic carbocycles. The third kappa shape index (κ3) is 11.8. The largest absolute Gasteiger partial charge is 0.474 e. The molecule has 0 spiro atoms. The Kier molecular flexibility index (Phi) is 13.5. The number of para-hydroxylation sites is 2. The summed E-state index contributed by atoms with van der Waals surface area (Å²) in [6.07, 6.45) is 6.56. The van der Waals surface area contributed by atoms with E-state index < -0.39 is 10.0 Å². The smallest absolute Gasteiger partial charge is 0.308 e. The van der Waals surface area contributed by atoms with E-state index in [0.29, 0.717) is 5.88 Å². The Morgan fingerprint density at radius 2 is 1.62 bits per heavy atom. The van der Waals surface area contributed by atoms with E-state index in [-0.39, 0.29) is 35.4 Å². The van der Waals surface area contributed by atoms with Crippen LogP contribution in [-0.2, 0) is 25.3 Å². The summed E-state index contributed by atoms with van der Waals surface area (Å²) >= 11 is 3.51. The standard InChI is InChI=1S/C16H16N2OS2.C9H16O2.C6H13NO2S/c1-11(2)19-16-14(10-21-15-8-5-9-20-15)17-12-6-3-4-7-13(12)18-16;1-7(2)9(10)11-8-5-3-4-6-8;1-5(2)7-10(8,9)6-3-4-6/h3-9,11H,10H2,1-2H3;7-8H,3-6H2,1-2H3;5-7H,3-4H2,1-2H3. The first-order valence-corrected chi connectivity index (χ1v) is 18.2. The van der Waals surface area contributed by atoms with Crippen molar-refractivity contribution in [2.45, 2.75) is 114 Å². The van der Waals surface area contributed by atoms with Crippen molar-refractivity contribution in [2.75, 3.05) is 0 Å². The fraction of sp³-hybridized carbons (Fsp3) is 0.581. The average molecular weight is 636 g/mol. The molecule has 0 aliphatic heterocycles. The molecule has 0 saturated heterocycles. The lowest BCUT2D eigenvalue weighted by molar-refractivity contribution is -0.152. The van der Waals surface area contributed by atoms with Gasteiger partial charge in [0.1, 0.15) is 11.8 Å². The number of nitrogens with zero attached hydrogens (tertiary/aromatic N) is 2. The van der Waals surface area contributed by atoms with Crippen molar-refractivity contribution in [2.24, 2.45) is 5.92 Å². The highest BCUT2D eigenvalue weighted by atomic mass is 32.2. The van der Waals surface area contributed by atoms with Crippen molar-refractivity contribution in [3.63, 3.8) is 0 Å². The molecule has 42 heavy (non-hydrogen) atoms. The van der Waals surface area contributed by atoms with E-state index in [9.17, 15) is 13.2 Å². The van der Waals surface area contributed by atoms with Gasteiger partial charge in [0.25, 0.3) is 0 Å². The van der Waals surface area contributed by atoms with Gasteiger partial charge < -0.3 is 9.47 Å². The first-order chi connectivity index (χ1) is 19.9. The van der Waals surface area contributed by atoms with Crippen molar-refractivity contribution in [3.05, 3.63) is 47.5 Å². The van der Waals surface area contributed by atoms with Crippen molar-refractivity contribution in [1.82, 2.24) is 14.7 Å². The highest BCUT2D eigenvalue weighted by Crippen LogP contribution is 2.30. The van der Waals surface area contributed by atoms with Gasteiger partial charge in [0.05, 0.1) is 32.5 Å². The second-order valence-corrected chi connectivity index (χ2v) is 15.6. The van der Waals surface area contributed by atoms with E-state index in [4.69, 9.17) is 14.5 Å². The zero-order valence-electron chi connectivity index (χ0n) is 25.5. The van der Waals surface area contributed by atoms with Gasteiger partial charge >= 0.3 is 5.97 Å². The molecule has 11 heteroatoms. The maximum absolute atomic E-state index is 11.1. The fourth-order valence-corrected chi connectivity index (χ4v) is 7.34. The SMILES string of the molecule is CC(C)C(=O)OC1CCCC1.CC(C)NS(=O)(=O)C1CC1.CC(C)Oc1nc2ccccc2nc1CSc1cccs1. The first-order valence-electron chi connectivity index (χ1n) is 14.7. The zero-order valence-corrected chi connectivity index (χ0v) is 28.0. The highest BCUT2D eigenvalue weighted by Gasteiger charge is 2.35. The van der Waals surface area contributed by atoms with Gasteiger partial charge in [-0.1, -0.05) is 32.0 Å². The lowest BCUT2D eigenvalue weighted by Gasteiger charge is -2.13. The van der Waals surface area contributed by atoms with Gasteiger partial charge in [0, 0.05) is 11.8 Å². The Morgan fingerprint density at radius 3 is 2.14 bits per heavy atom. The number of sulfonamides is 1. The minimum atomic E-state index is -2.94. The number of hydrogen-bond donors (Lipinski definition) is 1. The lowest BCUT2D eigenvalue weighted by Crippen LogP contribution is -2.32. The summed E-state index contributed by atoms with van der Waals surface area (Å²) in [6, 6.07) is 12.1. The number of aromatic nitrogens is 2. The van der Waals surface area contributed by atoms with Crippen LogP contribution in [0.15, 0.2) is 46.0 Å². The van der Waals surface area contributed by atoms with E-state index in [1.165, 1.54) is 17.1 Å². The number of fused-ring (bicyclic) bond motifs is 1. The molecule has 5 rings (SSSR count). The lowest BCUT2D eigenvalue weighted by atomic mass is 10.2. The van der Waals surface area contributed by atoms with Crippen molar-refractivity contribution < 1.29 is 22.7 Å². The van der Waals surface area contributed by atoms with Crippen molar-refractivity contribution in [1.29, 1.82) is 0 Å². The molecule has 232 valence electrons. The summed E-state index contributed by atoms with van der Waals surface area (Å²) in [5.74, 6) is 1.39. The molecule has 0 bridgehead atoms. The molecule has 1 N–H and O–H groups in total. The Morgan fingerprint density at radius 1 is 0.976 bits per heavy atom. The van der Waals surface area contributed by atoms with Crippen LogP contribution in [0.5, 0.6) is 5.88 Å². The van der Waals surface area contributed by atoms with Crippen LogP contribution in [0.4, 0.5) is 0 Å². The Hall–Kier alpha value is -2.21. The molecule has 2 aliphatic rings. The van der Waals surface area contributed by atoms with E-state index in [2.05, 4.69) is 27.2 Å². The Bertz CT molecular complexity index is 1350. The van der Waals surface area contributed by atoms with Gasteiger partial charge in [-0.3, -0.25) is 4.79 Å². The topological polar surface area (TPSA) is 107 Å². The number of hydrogen-bond acceptors (Lipinski definition) is 9. The molecule has 0 amide bonds. The second kappa shape index (κ2) is 16.6. The third-order valence-electron chi connectivity index (χ3n) is 6.22. The van der Waals surface area contributed by atoms with Gasteiger partial charge in [-0.15, -0.1) is 23.1 Å². The van der Waals surface area contributed by atoms with Crippen LogP contribution in [0.3, 0.4) is 0 Å². The molecule has 2 heterocycles. The van der Waals surface area contributed by atoms with E-state index in [0.717, 1.165) is 48.2 Å². The van der Waals surface area contributed by atoms with Crippen LogP contribution in [0.1, 0.15) is 85.8 Å². The normalized spacial score (nSPS) is 15.4. The number of thioether (sulfide) groups is 1. The van der Waals surface area contributed by atoms with E-state index in [1.807, 2.05) is 65.8 Å². The molecule has 2 aromatic heterocycles. The number of carbonyl (C=O) groups excluding carboxylic acids is 1. The number of rotatable bonds is 10. The van der Waals surface area contributed by atoms with E-state index in [1.54, 1.807) is 23.1 Å². The zero-order chi connectivity index (χ0) is 30.7. The van der Waals surface area contributed by atoms with Crippen LogP contribution < -0.4 is 9.46 Å². The summed E-state index contributed by atoms with van der Waals surface area (Å²) in [7, 11) is -2.94. The maximum atomic E-state index is 11.1. The molecular formula is C31H45N3O5S3. The van der Waals surface area contributed by atoms with Gasteiger partial charge in [-0.2, -0.15) is 0 Å². The molecule has 2 saturated carbocycles. The average Bonchev–Trinajstić information content (AvgIpc) is 3.44. The van der Waals surface area contributed by atoms with Gasteiger partial charge in [0.15, 0.2) is 0 Å². The first kappa shape index (κ1) is 34.3. The summed E-state index contributed by atoms with van der Waals surface area (Å²) in [5.41, 5.74) is 2.69. The minimum absolute atomic E-state index is 0.0237. The molecular weight excluding hydrogens is 591 g/mol. The van der Waals surface area contributed by atoms with Crippen LogP contribution in [-0.4, -0.2) is 47.9 Å². The van der Waals surface area contributed by atoms with Crippen LogP contribution in [0.25, 0.3) is 11.0 Å². The van der Waals surface area contributed by atoms with Crippen LogP contribution in [0, 0.1) is 5.92 Å². The predicted octanol–water partition coefficient (Wildman–Crippen LogP) is 7.38. The summed E-state index contributed by atoms with van der Waals surface area (Å²) in [6.45, 7) is 11.4. The second-order valence-electron chi connectivity index (χ2n) is 11.4. The quantitative estimate of drug-likeness (QED) is 0.182. The van der Waals surface area contributed by atoms with Crippen molar-refractivity contribution in [3.8, 4) is 5.88 Å². The molecule has 2 aliphatic carbocycles. The van der Waals surface area contributed by atoms with E-state index >= 15 is 0 Å².